The molecule has 1 aliphatic rings. The second-order valence-corrected chi connectivity index (χ2v) is 9.11. The molecule has 0 saturated carbocycles. The summed E-state index contributed by atoms with van der Waals surface area (Å²) in [5.41, 5.74) is 1.26. The Morgan fingerprint density at radius 2 is 1.76 bits per heavy atom. The van der Waals surface area contributed by atoms with Gasteiger partial charge in [0.25, 0.3) is 0 Å². The number of halogens is 1. The molecular weight excluding hydrogens is 451 g/mol. The molecular formula is C18H19IN2O3S. The fraction of sp³-hybridized carbons (Fsp3) is 0.278. The lowest BCUT2D eigenvalue weighted by atomic mass is 10.1. The van der Waals surface area contributed by atoms with Crippen molar-refractivity contribution < 1.29 is 13.2 Å². The molecule has 0 radical (unpaired) electrons. The van der Waals surface area contributed by atoms with Crippen LogP contribution in [-0.2, 0) is 10.0 Å². The van der Waals surface area contributed by atoms with Gasteiger partial charge < -0.3 is 5.32 Å². The standard InChI is InChI=1S/C18H19IN2O3S/c19-15-6-8-16(9-7-15)20-13-18(22)14-4-3-5-17(12-14)25(23,24)21-10-1-2-11-21/h3-9,12,20H,1-2,10-11,13H2. The van der Waals surface area contributed by atoms with Gasteiger partial charge in [0.05, 0.1) is 11.4 Å². The number of rotatable bonds is 6. The molecule has 2 aromatic carbocycles. The Morgan fingerprint density at radius 1 is 1.08 bits per heavy atom. The number of benzene rings is 2. The van der Waals surface area contributed by atoms with Gasteiger partial charge in [-0.3, -0.25) is 4.79 Å². The maximum absolute atomic E-state index is 12.6. The van der Waals surface area contributed by atoms with Gasteiger partial charge in [0.2, 0.25) is 10.0 Å². The summed E-state index contributed by atoms with van der Waals surface area (Å²) in [7, 11) is -3.51. The fourth-order valence-electron chi connectivity index (χ4n) is 2.76. The molecule has 2 aromatic rings. The van der Waals surface area contributed by atoms with Crippen LogP contribution in [0.1, 0.15) is 23.2 Å². The third-order valence-electron chi connectivity index (χ3n) is 4.16. The lowest BCUT2D eigenvalue weighted by molar-refractivity contribution is 0.101. The molecule has 0 unspecified atom stereocenters. The molecule has 5 nitrogen and oxygen atoms in total. The van der Waals surface area contributed by atoms with Crippen molar-refractivity contribution in [2.75, 3.05) is 25.0 Å². The minimum Gasteiger partial charge on any atom is -0.378 e. The molecule has 0 amide bonds. The molecule has 25 heavy (non-hydrogen) atoms. The second-order valence-electron chi connectivity index (χ2n) is 5.92. The summed E-state index contributed by atoms with van der Waals surface area (Å²) in [6.45, 7) is 1.22. The highest BCUT2D eigenvalue weighted by molar-refractivity contribution is 14.1. The lowest BCUT2D eigenvalue weighted by Gasteiger charge is -2.16. The zero-order valence-corrected chi connectivity index (χ0v) is 16.6. The number of nitrogens with one attached hydrogen (secondary N) is 1. The number of carbonyl (C=O) groups excluding carboxylic acids is 1. The van der Waals surface area contributed by atoms with Crippen LogP contribution in [-0.4, -0.2) is 38.1 Å². The Hall–Kier alpha value is -1.45. The molecule has 132 valence electrons. The van der Waals surface area contributed by atoms with Gasteiger partial charge in [-0.1, -0.05) is 12.1 Å². The molecule has 3 rings (SSSR count). The fourth-order valence-corrected chi connectivity index (χ4v) is 4.68. The summed E-state index contributed by atoms with van der Waals surface area (Å²) in [5, 5.41) is 3.07. The van der Waals surface area contributed by atoms with Crippen LogP contribution in [0.2, 0.25) is 0 Å². The summed E-state index contributed by atoms with van der Waals surface area (Å²) in [6, 6.07) is 14.0. The normalized spacial score (nSPS) is 15.2. The molecule has 0 aliphatic carbocycles. The number of nitrogens with zero attached hydrogens (tertiary/aromatic N) is 1. The average molecular weight is 470 g/mol. The summed E-state index contributed by atoms with van der Waals surface area (Å²) in [6.07, 6.45) is 1.77. The van der Waals surface area contributed by atoms with E-state index < -0.39 is 10.0 Å². The smallest absolute Gasteiger partial charge is 0.243 e. The molecule has 1 saturated heterocycles. The van der Waals surface area contributed by atoms with Crippen LogP contribution < -0.4 is 5.32 Å². The van der Waals surface area contributed by atoms with Crippen LogP contribution in [0.4, 0.5) is 5.69 Å². The number of carbonyl (C=O) groups is 1. The molecule has 0 spiro atoms. The molecule has 0 aromatic heterocycles. The molecule has 0 bridgehead atoms. The van der Waals surface area contributed by atoms with Crippen molar-refractivity contribution in [1.29, 1.82) is 0 Å². The first-order valence-electron chi connectivity index (χ1n) is 8.10. The van der Waals surface area contributed by atoms with Crippen LogP contribution >= 0.6 is 22.6 Å². The van der Waals surface area contributed by atoms with Gasteiger partial charge >= 0.3 is 0 Å². The summed E-state index contributed by atoms with van der Waals surface area (Å²) in [5.74, 6) is -0.142. The number of hydrogen-bond acceptors (Lipinski definition) is 4. The van der Waals surface area contributed by atoms with Crippen molar-refractivity contribution >= 4 is 44.1 Å². The van der Waals surface area contributed by atoms with E-state index in [0.717, 1.165) is 22.1 Å². The molecule has 1 N–H and O–H groups in total. The van der Waals surface area contributed by atoms with Gasteiger partial charge in [-0.15, -0.1) is 0 Å². The van der Waals surface area contributed by atoms with Crippen LogP contribution in [0.25, 0.3) is 0 Å². The van der Waals surface area contributed by atoms with Crippen LogP contribution in [0, 0.1) is 3.57 Å². The van der Waals surface area contributed by atoms with Gasteiger partial charge in [0.1, 0.15) is 0 Å². The van der Waals surface area contributed by atoms with E-state index in [1.54, 1.807) is 18.2 Å². The lowest BCUT2D eigenvalue weighted by Crippen LogP contribution is -2.28. The molecule has 1 fully saturated rings. The summed E-state index contributed by atoms with van der Waals surface area (Å²) in [4.78, 5) is 12.6. The second kappa shape index (κ2) is 7.84. The van der Waals surface area contributed by atoms with E-state index >= 15 is 0 Å². The molecule has 0 atom stereocenters. The van der Waals surface area contributed by atoms with Gasteiger partial charge in [-0.05, 0) is 71.8 Å². The zero-order valence-electron chi connectivity index (χ0n) is 13.6. The zero-order chi connectivity index (χ0) is 17.9. The van der Waals surface area contributed by atoms with E-state index in [4.69, 9.17) is 0 Å². The summed E-state index contributed by atoms with van der Waals surface area (Å²) < 4.78 is 27.8. The highest BCUT2D eigenvalue weighted by Crippen LogP contribution is 2.21. The molecule has 1 aliphatic heterocycles. The first kappa shape index (κ1) is 18.3. The molecule has 1 heterocycles. The number of Topliss-reactive ketones (excluding diaryl/α,β-unsaturated/α-hetero) is 1. The molecule has 7 heteroatoms. The predicted octanol–water partition coefficient (Wildman–Crippen LogP) is 3.37. The highest BCUT2D eigenvalue weighted by Gasteiger charge is 2.27. The predicted molar refractivity (Wildman–Crippen MR) is 106 cm³/mol. The number of ketones is 1. The van der Waals surface area contributed by atoms with E-state index in [1.807, 2.05) is 24.3 Å². The largest absolute Gasteiger partial charge is 0.378 e. The Bertz CT molecular complexity index is 860. The average Bonchev–Trinajstić information content (AvgIpc) is 3.16. The summed E-state index contributed by atoms with van der Waals surface area (Å²) >= 11 is 2.22. The third-order valence-corrected chi connectivity index (χ3v) is 6.77. The Balaban J connectivity index is 1.72. The van der Waals surface area contributed by atoms with Gasteiger partial charge in [-0.25, -0.2) is 8.42 Å². The third kappa shape index (κ3) is 4.39. The Morgan fingerprint density at radius 3 is 2.44 bits per heavy atom. The quantitative estimate of drug-likeness (QED) is 0.520. The van der Waals surface area contributed by atoms with Crippen LogP contribution in [0.15, 0.2) is 53.4 Å². The monoisotopic (exact) mass is 470 g/mol. The van der Waals surface area contributed by atoms with Crippen molar-refractivity contribution in [2.24, 2.45) is 0 Å². The van der Waals surface area contributed by atoms with Gasteiger partial charge in [0, 0.05) is 27.9 Å². The van der Waals surface area contributed by atoms with E-state index in [1.165, 1.54) is 10.4 Å². The van der Waals surface area contributed by atoms with Crippen molar-refractivity contribution in [3.63, 3.8) is 0 Å². The van der Waals surface area contributed by atoms with E-state index in [0.29, 0.717) is 18.7 Å². The first-order valence-corrected chi connectivity index (χ1v) is 10.6. The minimum atomic E-state index is -3.51. The van der Waals surface area contributed by atoms with Crippen molar-refractivity contribution in [2.45, 2.75) is 17.7 Å². The highest BCUT2D eigenvalue weighted by atomic mass is 127. The number of sulfonamides is 1. The Labute approximate surface area is 161 Å². The SMILES string of the molecule is O=C(CNc1ccc(I)cc1)c1cccc(S(=O)(=O)N2CCCC2)c1. The van der Waals surface area contributed by atoms with Crippen molar-refractivity contribution in [3.8, 4) is 0 Å². The van der Waals surface area contributed by atoms with Gasteiger partial charge in [0.15, 0.2) is 5.78 Å². The maximum Gasteiger partial charge on any atom is 0.243 e. The maximum atomic E-state index is 12.6. The van der Waals surface area contributed by atoms with Crippen LogP contribution in [0.5, 0.6) is 0 Å². The van der Waals surface area contributed by atoms with Crippen molar-refractivity contribution in [3.05, 3.63) is 57.7 Å². The van der Waals surface area contributed by atoms with Gasteiger partial charge in [-0.2, -0.15) is 4.31 Å². The van der Waals surface area contributed by atoms with E-state index in [-0.39, 0.29) is 17.2 Å². The minimum absolute atomic E-state index is 0.119. The van der Waals surface area contributed by atoms with Crippen molar-refractivity contribution in [1.82, 2.24) is 4.31 Å². The number of hydrogen-bond donors (Lipinski definition) is 1. The number of anilines is 1. The topological polar surface area (TPSA) is 66.5 Å². The Kier molecular flexibility index (Phi) is 5.75. The first-order chi connectivity index (χ1) is 12.0. The van der Waals surface area contributed by atoms with Crippen LogP contribution in [0.3, 0.4) is 0 Å². The van der Waals surface area contributed by atoms with E-state index in [2.05, 4.69) is 27.9 Å². The van der Waals surface area contributed by atoms with E-state index in [9.17, 15) is 13.2 Å².